The Balaban J connectivity index is 3.09. The zero-order valence-electron chi connectivity index (χ0n) is 12.0. The van der Waals surface area contributed by atoms with Crippen LogP contribution in [0.2, 0.25) is 0 Å². The predicted octanol–water partition coefficient (Wildman–Crippen LogP) is 0.571. The topological polar surface area (TPSA) is 108 Å². The van der Waals surface area contributed by atoms with Crippen molar-refractivity contribution < 1.29 is 23.4 Å². The number of sulfonamides is 1. The lowest BCUT2D eigenvalue weighted by molar-refractivity contribution is -0.131. The van der Waals surface area contributed by atoms with E-state index in [1.165, 1.54) is 45.4 Å². The summed E-state index contributed by atoms with van der Waals surface area (Å²) in [5, 5.41) is 18.3. The number of carbonyl (C=O) groups is 1. The third-order valence-electron chi connectivity index (χ3n) is 2.47. The van der Waals surface area contributed by atoms with E-state index in [1.54, 1.807) is 0 Å². The lowest BCUT2D eigenvalue weighted by Crippen LogP contribution is -2.39. The largest absolute Gasteiger partial charge is 0.478 e. The summed E-state index contributed by atoms with van der Waals surface area (Å²) in [6.07, 6.45) is 4.68. The number of carboxylic acid groups (broad SMARTS) is 1. The Kier molecular flexibility index (Phi) is 5.21. The van der Waals surface area contributed by atoms with E-state index in [2.05, 4.69) is 4.98 Å². The fraction of sp³-hybridized carbons (Fsp3) is 0.385. The van der Waals surface area contributed by atoms with Crippen molar-refractivity contribution in [2.24, 2.45) is 0 Å². The molecule has 1 aromatic rings. The first-order valence-electron chi connectivity index (χ1n) is 6.07. The molecule has 0 bridgehead atoms. The molecule has 1 rings (SSSR count). The lowest BCUT2D eigenvalue weighted by atomic mass is 10.1. The Labute approximate surface area is 123 Å². The number of carboxylic acids is 1. The molecule has 0 unspecified atom stereocenters. The highest BCUT2D eigenvalue weighted by Crippen LogP contribution is 2.17. The summed E-state index contributed by atoms with van der Waals surface area (Å²) < 4.78 is 25.7. The molecule has 0 aliphatic rings. The van der Waals surface area contributed by atoms with Crippen molar-refractivity contribution in [3.05, 3.63) is 30.1 Å². The first-order valence-corrected chi connectivity index (χ1v) is 7.51. The molecule has 0 saturated carbocycles. The van der Waals surface area contributed by atoms with Gasteiger partial charge in [0.1, 0.15) is 4.90 Å². The number of likely N-dealkylation sites (N-methyl/N-ethyl adjacent to an activating group) is 1. The minimum absolute atomic E-state index is 0.0678. The second-order valence-electron chi connectivity index (χ2n) is 5.20. The third-order valence-corrected chi connectivity index (χ3v) is 4.24. The van der Waals surface area contributed by atoms with Crippen molar-refractivity contribution in [3.8, 4) is 0 Å². The molecule has 0 aliphatic carbocycles. The van der Waals surface area contributed by atoms with E-state index in [4.69, 9.17) is 5.11 Å². The van der Waals surface area contributed by atoms with E-state index < -0.39 is 21.6 Å². The van der Waals surface area contributed by atoms with Crippen LogP contribution in [0.5, 0.6) is 0 Å². The highest BCUT2D eigenvalue weighted by molar-refractivity contribution is 7.89. The van der Waals surface area contributed by atoms with Gasteiger partial charge < -0.3 is 10.2 Å². The Morgan fingerprint density at radius 3 is 2.57 bits per heavy atom. The maximum absolute atomic E-state index is 12.3. The van der Waals surface area contributed by atoms with E-state index in [9.17, 15) is 18.3 Å². The molecule has 21 heavy (non-hydrogen) atoms. The van der Waals surface area contributed by atoms with E-state index in [0.29, 0.717) is 5.56 Å². The fourth-order valence-corrected chi connectivity index (χ4v) is 2.97. The summed E-state index contributed by atoms with van der Waals surface area (Å²) in [4.78, 5) is 14.2. The normalized spacial score (nSPS) is 13.0. The second kappa shape index (κ2) is 6.33. The molecule has 2 N–H and O–H groups in total. The van der Waals surface area contributed by atoms with Gasteiger partial charge >= 0.3 is 5.97 Å². The van der Waals surface area contributed by atoms with E-state index in [0.717, 1.165) is 10.4 Å². The first-order chi connectivity index (χ1) is 9.52. The molecule has 0 radical (unpaired) electrons. The summed E-state index contributed by atoms with van der Waals surface area (Å²) in [5.41, 5.74) is -0.814. The monoisotopic (exact) mass is 314 g/mol. The maximum atomic E-state index is 12.3. The quantitative estimate of drug-likeness (QED) is 0.743. The van der Waals surface area contributed by atoms with Crippen molar-refractivity contribution in [1.82, 2.24) is 9.29 Å². The molecular formula is C13H18N2O5S. The second-order valence-corrected chi connectivity index (χ2v) is 7.24. The van der Waals surface area contributed by atoms with Gasteiger partial charge in [0, 0.05) is 32.1 Å². The van der Waals surface area contributed by atoms with Crippen LogP contribution in [0.1, 0.15) is 19.4 Å². The van der Waals surface area contributed by atoms with Gasteiger partial charge in [-0.25, -0.2) is 13.2 Å². The summed E-state index contributed by atoms with van der Waals surface area (Å²) in [7, 11) is -2.45. The van der Waals surface area contributed by atoms with E-state index in [-0.39, 0.29) is 11.4 Å². The molecule has 7 nitrogen and oxygen atoms in total. The molecule has 8 heteroatoms. The molecule has 0 saturated heterocycles. The van der Waals surface area contributed by atoms with E-state index in [1.807, 2.05) is 0 Å². The van der Waals surface area contributed by atoms with Crippen molar-refractivity contribution in [1.29, 1.82) is 0 Å². The van der Waals surface area contributed by atoms with Gasteiger partial charge in [0.25, 0.3) is 0 Å². The number of aromatic nitrogens is 1. The van der Waals surface area contributed by atoms with Crippen LogP contribution in [0.25, 0.3) is 6.08 Å². The number of hydrogen-bond acceptors (Lipinski definition) is 5. The van der Waals surface area contributed by atoms with Crippen LogP contribution < -0.4 is 0 Å². The number of aliphatic hydroxyl groups is 1. The maximum Gasteiger partial charge on any atom is 0.328 e. The average molecular weight is 314 g/mol. The summed E-state index contributed by atoms with van der Waals surface area (Å²) in [6.45, 7) is 2.93. The van der Waals surface area contributed by atoms with Gasteiger partial charge in [-0.2, -0.15) is 4.31 Å². The summed E-state index contributed by atoms with van der Waals surface area (Å²) in [5.74, 6) is -1.14. The van der Waals surface area contributed by atoms with Gasteiger partial charge in [0.2, 0.25) is 10.0 Å². The fourth-order valence-electron chi connectivity index (χ4n) is 1.65. The molecule has 116 valence electrons. The van der Waals surface area contributed by atoms with Gasteiger partial charge in [0.15, 0.2) is 0 Å². The van der Waals surface area contributed by atoms with Crippen LogP contribution in [0.15, 0.2) is 29.4 Å². The Hall–Kier alpha value is -1.77. The van der Waals surface area contributed by atoms with Crippen molar-refractivity contribution in [2.45, 2.75) is 24.3 Å². The molecule has 1 heterocycles. The summed E-state index contributed by atoms with van der Waals surface area (Å²) in [6, 6.07) is 1.32. The number of pyridine rings is 1. The predicted molar refractivity (Wildman–Crippen MR) is 77.0 cm³/mol. The molecule has 0 atom stereocenters. The van der Waals surface area contributed by atoms with Gasteiger partial charge in [0.05, 0.1) is 5.60 Å². The molecule has 1 aromatic heterocycles. The molecule has 0 spiro atoms. The number of hydrogen-bond donors (Lipinski definition) is 2. The minimum atomic E-state index is -3.80. The van der Waals surface area contributed by atoms with Gasteiger partial charge in [-0.1, -0.05) is 0 Å². The number of nitrogens with zero attached hydrogens (tertiary/aromatic N) is 2. The Morgan fingerprint density at radius 1 is 1.43 bits per heavy atom. The third kappa shape index (κ3) is 5.25. The first kappa shape index (κ1) is 17.3. The van der Waals surface area contributed by atoms with Crippen LogP contribution in [0, 0.1) is 0 Å². The molecule has 0 aliphatic heterocycles. The standard InChI is InChI=1S/C13H18N2O5S/c1-13(2,18)9-15(3)21(19,20)11-6-10(7-14-8-11)4-5-12(16)17/h4-8,18H,9H2,1-3H3,(H,16,17). The van der Waals surface area contributed by atoms with Crippen LogP contribution >= 0.6 is 0 Å². The Bertz CT molecular complexity index is 647. The molecule has 0 fully saturated rings. The SMILES string of the molecule is CN(CC(C)(C)O)S(=O)(=O)c1cncc(C=CC(=O)O)c1. The Morgan fingerprint density at radius 2 is 2.05 bits per heavy atom. The highest BCUT2D eigenvalue weighted by atomic mass is 32.2. The van der Waals surface area contributed by atoms with E-state index >= 15 is 0 Å². The lowest BCUT2D eigenvalue weighted by Gasteiger charge is -2.25. The summed E-state index contributed by atoms with van der Waals surface area (Å²) >= 11 is 0. The smallest absolute Gasteiger partial charge is 0.328 e. The van der Waals surface area contributed by atoms with Crippen LogP contribution in [0.3, 0.4) is 0 Å². The van der Waals surface area contributed by atoms with Crippen molar-refractivity contribution in [2.75, 3.05) is 13.6 Å². The zero-order chi connectivity index (χ0) is 16.3. The van der Waals surface area contributed by atoms with Crippen LogP contribution in [-0.4, -0.2) is 53.1 Å². The zero-order valence-corrected chi connectivity index (χ0v) is 12.8. The molecule has 0 aromatic carbocycles. The molecule has 0 amide bonds. The number of rotatable bonds is 6. The molecular weight excluding hydrogens is 296 g/mol. The highest BCUT2D eigenvalue weighted by Gasteiger charge is 2.26. The van der Waals surface area contributed by atoms with Crippen LogP contribution in [-0.2, 0) is 14.8 Å². The number of aliphatic carboxylic acids is 1. The van der Waals surface area contributed by atoms with Gasteiger partial charge in [-0.15, -0.1) is 0 Å². The van der Waals surface area contributed by atoms with Gasteiger partial charge in [-0.3, -0.25) is 4.98 Å². The minimum Gasteiger partial charge on any atom is -0.478 e. The van der Waals surface area contributed by atoms with Gasteiger partial charge in [-0.05, 0) is 31.6 Å². The van der Waals surface area contributed by atoms with Crippen molar-refractivity contribution in [3.63, 3.8) is 0 Å². The average Bonchev–Trinajstić information content (AvgIpc) is 2.34. The van der Waals surface area contributed by atoms with Crippen LogP contribution in [0.4, 0.5) is 0 Å². The van der Waals surface area contributed by atoms with Crippen molar-refractivity contribution >= 4 is 22.1 Å².